The van der Waals surface area contributed by atoms with E-state index in [1.54, 1.807) is 0 Å². The number of aryl methyl sites for hydroxylation is 2. The highest BCUT2D eigenvalue weighted by Crippen LogP contribution is 2.41. The fourth-order valence-electron chi connectivity index (χ4n) is 4.59. The van der Waals surface area contributed by atoms with E-state index in [-0.39, 0.29) is 12.1 Å². The van der Waals surface area contributed by atoms with E-state index < -0.39 is 0 Å². The van der Waals surface area contributed by atoms with Gasteiger partial charge in [0.1, 0.15) is 0 Å². The quantitative estimate of drug-likeness (QED) is 0.531. The second-order valence-corrected chi connectivity index (χ2v) is 8.51. The lowest BCUT2D eigenvalue weighted by Gasteiger charge is -2.28. The summed E-state index contributed by atoms with van der Waals surface area (Å²) in [6.07, 6.45) is 4.12. The van der Waals surface area contributed by atoms with Crippen LogP contribution in [0, 0.1) is 20.8 Å². The molecular weight excluding hydrogens is 388 g/mol. The maximum atomic E-state index is 5.79. The summed E-state index contributed by atoms with van der Waals surface area (Å²) in [5.74, 6) is 0. The molecule has 0 bridgehead atoms. The van der Waals surface area contributed by atoms with Crippen molar-refractivity contribution in [2.75, 3.05) is 6.54 Å². The minimum Gasteiger partial charge on any atom is -0.352 e. The maximum absolute atomic E-state index is 5.79. The lowest BCUT2D eigenvalue weighted by molar-refractivity contribution is 0.312. The zero-order valence-corrected chi connectivity index (χ0v) is 19.0. The van der Waals surface area contributed by atoms with Gasteiger partial charge >= 0.3 is 0 Å². The molecular formula is C25H30N4S. The van der Waals surface area contributed by atoms with Crippen molar-refractivity contribution in [3.05, 3.63) is 82.9 Å². The Morgan fingerprint density at radius 2 is 1.83 bits per heavy atom. The fourth-order valence-corrected chi connectivity index (χ4v) is 4.92. The minimum atomic E-state index is 0.0429. The van der Waals surface area contributed by atoms with E-state index in [1.807, 2.05) is 12.3 Å². The number of nitrogens with zero attached hydrogens (tertiary/aromatic N) is 3. The van der Waals surface area contributed by atoms with Gasteiger partial charge in [0, 0.05) is 29.8 Å². The molecule has 1 fully saturated rings. The maximum Gasteiger partial charge on any atom is 0.170 e. The largest absolute Gasteiger partial charge is 0.352 e. The molecule has 0 spiro atoms. The molecule has 0 unspecified atom stereocenters. The number of hydrogen-bond acceptors (Lipinski definition) is 2. The highest BCUT2D eigenvalue weighted by molar-refractivity contribution is 7.80. The van der Waals surface area contributed by atoms with Crippen molar-refractivity contribution < 1.29 is 0 Å². The van der Waals surface area contributed by atoms with Crippen molar-refractivity contribution in [3.63, 3.8) is 0 Å². The summed E-state index contributed by atoms with van der Waals surface area (Å²) in [5.41, 5.74) is 7.36. The molecule has 3 aromatic rings. The molecule has 1 aliphatic heterocycles. The van der Waals surface area contributed by atoms with Crippen LogP contribution in [0.3, 0.4) is 0 Å². The molecule has 4 nitrogen and oxygen atoms in total. The third-order valence-corrected chi connectivity index (χ3v) is 6.45. The van der Waals surface area contributed by atoms with Crippen molar-refractivity contribution in [2.45, 2.75) is 52.6 Å². The smallest absolute Gasteiger partial charge is 0.170 e. The molecule has 4 rings (SSSR count). The van der Waals surface area contributed by atoms with Gasteiger partial charge in [0.15, 0.2) is 5.11 Å². The van der Waals surface area contributed by atoms with E-state index in [4.69, 9.17) is 12.2 Å². The van der Waals surface area contributed by atoms with Gasteiger partial charge in [-0.15, -0.1) is 0 Å². The average Bonchev–Trinajstić information content (AvgIpc) is 3.23. The van der Waals surface area contributed by atoms with Crippen LogP contribution in [0.25, 0.3) is 5.69 Å². The van der Waals surface area contributed by atoms with Crippen LogP contribution in [0.2, 0.25) is 0 Å². The Bertz CT molecular complexity index is 1040. The number of aromatic nitrogens is 2. The molecule has 2 atom stereocenters. The van der Waals surface area contributed by atoms with Crippen molar-refractivity contribution >= 4 is 17.3 Å². The van der Waals surface area contributed by atoms with Crippen LogP contribution in [0.15, 0.2) is 54.7 Å². The van der Waals surface area contributed by atoms with Gasteiger partial charge in [0.2, 0.25) is 0 Å². The summed E-state index contributed by atoms with van der Waals surface area (Å²) in [7, 11) is 0. The van der Waals surface area contributed by atoms with Gasteiger partial charge in [-0.25, -0.2) is 0 Å². The third kappa shape index (κ3) is 3.63. The molecule has 1 saturated heterocycles. The van der Waals surface area contributed by atoms with Gasteiger partial charge in [-0.2, -0.15) is 0 Å². The van der Waals surface area contributed by atoms with Crippen LogP contribution in [-0.4, -0.2) is 26.1 Å². The summed E-state index contributed by atoms with van der Waals surface area (Å²) in [4.78, 5) is 7.02. The van der Waals surface area contributed by atoms with Crippen LogP contribution < -0.4 is 5.32 Å². The van der Waals surface area contributed by atoms with Gasteiger partial charge in [-0.1, -0.05) is 37.6 Å². The minimum absolute atomic E-state index is 0.0429. The van der Waals surface area contributed by atoms with Crippen molar-refractivity contribution in [1.29, 1.82) is 0 Å². The molecule has 3 heterocycles. The Balaban J connectivity index is 1.83. The standard InChI is InChI=1S/C25H30N4S/c1-5-6-15-28-24(23(27-25(28)30)21-12-9-10-14-26-21)20-16-18(3)29(19(20)4)22-13-8-7-11-17(22)2/h7-14,16,23-24H,5-6,15H2,1-4H3,(H,27,30)/t23-,24+/m1/s1. The molecule has 156 valence electrons. The van der Waals surface area contributed by atoms with Crippen molar-refractivity contribution in [1.82, 2.24) is 19.8 Å². The number of benzene rings is 1. The van der Waals surface area contributed by atoms with Crippen LogP contribution in [0.1, 0.15) is 60.1 Å². The summed E-state index contributed by atoms with van der Waals surface area (Å²) in [6.45, 7) is 9.76. The third-order valence-electron chi connectivity index (χ3n) is 6.10. The van der Waals surface area contributed by atoms with E-state index in [9.17, 15) is 0 Å². The number of nitrogens with one attached hydrogen (secondary N) is 1. The number of unbranched alkanes of at least 4 members (excludes halogenated alkanes) is 1. The predicted molar refractivity (Wildman–Crippen MR) is 127 cm³/mol. The van der Waals surface area contributed by atoms with Gasteiger partial charge in [0.25, 0.3) is 0 Å². The predicted octanol–water partition coefficient (Wildman–Crippen LogP) is 5.57. The molecule has 30 heavy (non-hydrogen) atoms. The molecule has 0 radical (unpaired) electrons. The van der Waals surface area contributed by atoms with Gasteiger partial charge < -0.3 is 14.8 Å². The first-order valence-electron chi connectivity index (χ1n) is 10.8. The monoisotopic (exact) mass is 418 g/mol. The lowest BCUT2D eigenvalue weighted by Crippen LogP contribution is -2.30. The van der Waals surface area contributed by atoms with Gasteiger partial charge in [0.05, 0.1) is 17.8 Å². The second kappa shape index (κ2) is 8.60. The number of para-hydroxylation sites is 1. The average molecular weight is 419 g/mol. The molecule has 1 aliphatic rings. The number of pyridine rings is 1. The van der Waals surface area contributed by atoms with Crippen LogP contribution in [0.5, 0.6) is 0 Å². The van der Waals surface area contributed by atoms with Gasteiger partial charge in [-0.05, 0) is 74.8 Å². The Morgan fingerprint density at radius 1 is 1.07 bits per heavy atom. The Morgan fingerprint density at radius 3 is 2.53 bits per heavy atom. The second-order valence-electron chi connectivity index (χ2n) is 8.12. The number of hydrogen-bond donors (Lipinski definition) is 1. The summed E-state index contributed by atoms with van der Waals surface area (Å²) < 4.78 is 2.37. The number of rotatable bonds is 6. The van der Waals surface area contributed by atoms with E-state index in [0.29, 0.717) is 0 Å². The summed E-state index contributed by atoms with van der Waals surface area (Å²) in [6, 6.07) is 17.2. The van der Waals surface area contributed by atoms with Crippen LogP contribution in [0.4, 0.5) is 0 Å². The molecule has 2 aromatic heterocycles. The zero-order chi connectivity index (χ0) is 21.3. The van der Waals surface area contributed by atoms with Gasteiger partial charge in [-0.3, -0.25) is 4.98 Å². The Hall–Kier alpha value is -2.66. The van der Waals surface area contributed by atoms with E-state index >= 15 is 0 Å². The van der Waals surface area contributed by atoms with Crippen LogP contribution in [-0.2, 0) is 0 Å². The highest BCUT2D eigenvalue weighted by Gasteiger charge is 2.41. The topological polar surface area (TPSA) is 33.1 Å². The summed E-state index contributed by atoms with van der Waals surface area (Å²) in [5, 5.41) is 4.39. The first-order chi connectivity index (χ1) is 14.5. The highest BCUT2D eigenvalue weighted by atomic mass is 32.1. The molecule has 0 aliphatic carbocycles. The molecule has 1 N–H and O–H groups in total. The lowest BCUT2D eigenvalue weighted by atomic mass is 9.96. The van der Waals surface area contributed by atoms with E-state index in [0.717, 1.165) is 30.2 Å². The molecule has 5 heteroatoms. The first-order valence-corrected chi connectivity index (χ1v) is 11.2. The van der Waals surface area contributed by atoms with Crippen LogP contribution >= 0.6 is 12.2 Å². The molecule has 0 saturated carbocycles. The molecule has 0 amide bonds. The fraction of sp³-hybridized carbons (Fsp3) is 0.360. The zero-order valence-electron chi connectivity index (χ0n) is 18.2. The Kier molecular flexibility index (Phi) is 5.91. The Labute approximate surface area is 184 Å². The number of thiocarbonyl (C=S) groups is 1. The molecule has 1 aromatic carbocycles. The summed E-state index contributed by atoms with van der Waals surface area (Å²) >= 11 is 5.79. The van der Waals surface area contributed by atoms with E-state index in [2.05, 4.69) is 89.9 Å². The first kappa shape index (κ1) is 20.6. The normalized spacial score (nSPS) is 18.7. The van der Waals surface area contributed by atoms with E-state index in [1.165, 1.54) is 28.2 Å². The SMILES string of the molecule is CCCCN1C(=S)N[C@H](c2ccccn2)[C@@H]1c1cc(C)n(-c2ccccc2C)c1C. The van der Waals surface area contributed by atoms with Crippen molar-refractivity contribution in [3.8, 4) is 5.69 Å². The van der Waals surface area contributed by atoms with Crippen molar-refractivity contribution in [2.24, 2.45) is 0 Å².